The second-order valence-electron chi connectivity index (χ2n) is 5.22. The highest BCUT2D eigenvalue weighted by Crippen LogP contribution is 2.33. The fourth-order valence-electron chi connectivity index (χ4n) is 2.59. The molecule has 0 radical (unpaired) electrons. The molecule has 0 bridgehead atoms. The van der Waals surface area contributed by atoms with E-state index in [1.807, 2.05) is 12.1 Å². The third-order valence-corrected chi connectivity index (χ3v) is 3.76. The zero-order chi connectivity index (χ0) is 14.8. The van der Waals surface area contributed by atoms with Gasteiger partial charge in [0.25, 0.3) is 0 Å². The number of amides is 1. The van der Waals surface area contributed by atoms with Crippen LogP contribution >= 0.6 is 0 Å². The normalized spacial score (nSPS) is 15.2. The lowest BCUT2D eigenvalue weighted by Gasteiger charge is -2.22. The summed E-state index contributed by atoms with van der Waals surface area (Å²) < 4.78 is 0. The van der Waals surface area contributed by atoms with Crippen LogP contribution < -0.4 is 16.4 Å². The molecule has 1 aliphatic rings. The first-order valence-corrected chi connectivity index (χ1v) is 7.15. The average Bonchev–Trinajstić information content (AvgIpc) is 2.99. The van der Waals surface area contributed by atoms with Crippen LogP contribution in [0.5, 0.6) is 0 Å². The van der Waals surface area contributed by atoms with Crippen LogP contribution in [0.2, 0.25) is 0 Å². The predicted octanol–water partition coefficient (Wildman–Crippen LogP) is 2.44. The molecule has 1 aromatic heterocycles. The van der Waals surface area contributed by atoms with E-state index in [1.165, 1.54) is 0 Å². The van der Waals surface area contributed by atoms with Crippen molar-refractivity contribution in [1.82, 2.24) is 9.97 Å². The van der Waals surface area contributed by atoms with E-state index in [9.17, 15) is 4.79 Å². The lowest BCUT2D eigenvalue weighted by molar-refractivity contribution is -0.116. The van der Waals surface area contributed by atoms with Gasteiger partial charge in [-0.1, -0.05) is 6.92 Å². The van der Waals surface area contributed by atoms with E-state index in [2.05, 4.69) is 27.5 Å². The van der Waals surface area contributed by atoms with Crippen molar-refractivity contribution in [1.29, 1.82) is 0 Å². The third-order valence-electron chi connectivity index (χ3n) is 3.76. The highest BCUT2D eigenvalue weighted by atomic mass is 16.1. The molecule has 1 aliphatic heterocycles. The number of nitrogens with zero attached hydrogens (tertiary/aromatic N) is 1. The SMILES string of the molecule is CCC(Nc1cc2c(cc1N)CCC(=O)N2)c1ncc[nH]1. The van der Waals surface area contributed by atoms with Gasteiger partial charge in [0.05, 0.1) is 17.4 Å². The quantitative estimate of drug-likeness (QED) is 0.649. The van der Waals surface area contributed by atoms with Crippen molar-refractivity contribution in [2.75, 3.05) is 16.4 Å². The Morgan fingerprint density at radius 1 is 1.43 bits per heavy atom. The first-order chi connectivity index (χ1) is 10.2. The predicted molar refractivity (Wildman–Crippen MR) is 83.0 cm³/mol. The Labute approximate surface area is 123 Å². The van der Waals surface area contributed by atoms with E-state index in [0.717, 1.165) is 35.6 Å². The number of nitrogens with two attached hydrogens (primary N) is 1. The summed E-state index contributed by atoms with van der Waals surface area (Å²) in [5, 5.41) is 6.29. The zero-order valence-electron chi connectivity index (χ0n) is 11.9. The van der Waals surface area contributed by atoms with Gasteiger partial charge < -0.3 is 21.4 Å². The number of aromatic amines is 1. The molecule has 0 saturated carbocycles. The number of nitrogens with one attached hydrogen (secondary N) is 3. The first kappa shape index (κ1) is 13.5. The smallest absolute Gasteiger partial charge is 0.224 e. The number of rotatable bonds is 4. The number of anilines is 3. The Morgan fingerprint density at radius 2 is 2.29 bits per heavy atom. The van der Waals surface area contributed by atoms with Gasteiger partial charge in [-0.25, -0.2) is 4.98 Å². The summed E-state index contributed by atoms with van der Waals surface area (Å²) in [5.74, 6) is 0.926. The fraction of sp³-hybridized carbons (Fsp3) is 0.333. The average molecular weight is 285 g/mol. The summed E-state index contributed by atoms with van der Waals surface area (Å²) in [6, 6.07) is 3.90. The molecule has 5 N–H and O–H groups in total. The standard InChI is InChI=1S/C15H19N5O/c1-2-11(15-17-5-6-18-15)19-13-8-12-9(7-10(13)16)3-4-14(21)20-12/h5-8,11,19H,2-4,16H2,1H3,(H,17,18)(H,20,21). The molecular weight excluding hydrogens is 266 g/mol. The van der Waals surface area contributed by atoms with E-state index in [0.29, 0.717) is 12.1 Å². The minimum atomic E-state index is 0.0521. The summed E-state index contributed by atoms with van der Waals surface area (Å²) in [5.41, 5.74) is 9.57. The molecule has 2 aromatic rings. The molecule has 0 saturated heterocycles. The van der Waals surface area contributed by atoms with Crippen molar-refractivity contribution in [3.63, 3.8) is 0 Å². The molecule has 2 heterocycles. The maximum atomic E-state index is 11.5. The van der Waals surface area contributed by atoms with E-state index < -0.39 is 0 Å². The van der Waals surface area contributed by atoms with Crippen molar-refractivity contribution in [2.45, 2.75) is 32.2 Å². The minimum Gasteiger partial charge on any atom is -0.397 e. The summed E-state index contributed by atoms with van der Waals surface area (Å²) in [6.45, 7) is 2.08. The number of hydrogen-bond acceptors (Lipinski definition) is 4. The largest absolute Gasteiger partial charge is 0.397 e. The Balaban J connectivity index is 1.88. The lowest BCUT2D eigenvalue weighted by Crippen LogP contribution is -2.20. The third kappa shape index (κ3) is 2.69. The molecule has 1 unspecified atom stereocenters. The minimum absolute atomic E-state index is 0.0521. The molecule has 1 aromatic carbocycles. The van der Waals surface area contributed by atoms with Gasteiger partial charge in [0.2, 0.25) is 5.91 Å². The van der Waals surface area contributed by atoms with Crippen molar-refractivity contribution in [3.05, 3.63) is 35.9 Å². The number of benzene rings is 1. The Hall–Kier alpha value is -2.50. The van der Waals surface area contributed by atoms with E-state index in [1.54, 1.807) is 12.4 Å². The van der Waals surface area contributed by atoms with Crippen LogP contribution in [0.25, 0.3) is 0 Å². The first-order valence-electron chi connectivity index (χ1n) is 7.15. The van der Waals surface area contributed by atoms with Gasteiger partial charge in [-0.05, 0) is 30.5 Å². The van der Waals surface area contributed by atoms with Crippen molar-refractivity contribution in [2.24, 2.45) is 0 Å². The molecule has 110 valence electrons. The van der Waals surface area contributed by atoms with Gasteiger partial charge in [-0.15, -0.1) is 0 Å². The highest BCUT2D eigenvalue weighted by molar-refractivity contribution is 5.95. The van der Waals surface area contributed by atoms with Gasteiger partial charge in [0, 0.05) is 24.5 Å². The fourth-order valence-corrected chi connectivity index (χ4v) is 2.59. The number of imidazole rings is 1. The lowest BCUT2D eigenvalue weighted by atomic mass is 10.0. The van der Waals surface area contributed by atoms with Crippen molar-refractivity contribution in [3.8, 4) is 0 Å². The van der Waals surface area contributed by atoms with Gasteiger partial charge in [-0.3, -0.25) is 4.79 Å². The maximum absolute atomic E-state index is 11.5. The van der Waals surface area contributed by atoms with Crippen LogP contribution in [-0.2, 0) is 11.2 Å². The van der Waals surface area contributed by atoms with Gasteiger partial charge in [0.1, 0.15) is 5.82 Å². The Kier molecular flexibility index (Phi) is 3.51. The van der Waals surface area contributed by atoms with Crippen LogP contribution in [0.1, 0.15) is 37.2 Å². The summed E-state index contributed by atoms with van der Waals surface area (Å²) >= 11 is 0. The van der Waals surface area contributed by atoms with Crippen LogP contribution in [0, 0.1) is 0 Å². The number of aromatic nitrogens is 2. The second kappa shape index (κ2) is 5.47. The molecule has 0 spiro atoms. The molecule has 0 fully saturated rings. The van der Waals surface area contributed by atoms with Gasteiger partial charge in [-0.2, -0.15) is 0 Å². The Bertz CT molecular complexity index is 650. The molecule has 21 heavy (non-hydrogen) atoms. The van der Waals surface area contributed by atoms with Crippen LogP contribution in [0.3, 0.4) is 0 Å². The number of nitrogen functional groups attached to an aromatic ring is 1. The van der Waals surface area contributed by atoms with E-state index in [-0.39, 0.29) is 11.9 Å². The molecular formula is C15H19N5O. The number of H-pyrrole nitrogens is 1. The number of hydrogen-bond donors (Lipinski definition) is 4. The summed E-state index contributed by atoms with van der Waals surface area (Å²) in [6.07, 6.45) is 5.66. The number of carbonyl (C=O) groups is 1. The van der Waals surface area contributed by atoms with Crippen LogP contribution in [0.15, 0.2) is 24.5 Å². The monoisotopic (exact) mass is 285 g/mol. The summed E-state index contributed by atoms with van der Waals surface area (Å²) in [7, 11) is 0. The second-order valence-corrected chi connectivity index (χ2v) is 5.22. The maximum Gasteiger partial charge on any atom is 0.224 e. The number of carbonyl (C=O) groups excluding carboxylic acids is 1. The highest BCUT2D eigenvalue weighted by Gasteiger charge is 2.18. The van der Waals surface area contributed by atoms with Crippen molar-refractivity contribution >= 4 is 23.0 Å². The molecule has 3 rings (SSSR count). The van der Waals surface area contributed by atoms with E-state index in [4.69, 9.17) is 5.73 Å². The molecule has 6 nitrogen and oxygen atoms in total. The Morgan fingerprint density at radius 3 is 3.00 bits per heavy atom. The van der Waals surface area contributed by atoms with Gasteiger partial charge >= 0.3 is 0 Å². The number of fused-ring (bicyclic) bond motifs is 1. The molecule has 1 atom stereocenters. The van der Waals surface area contributed by atoms with Gasteiger partial charge in [0.15, 0.2) is 0 Å². The van der Waals surface area contributed by atoms with Crippen LogP contribution in [-0.4, -0.2) is 15.9 Å². The number of aryl methyl sites for hydroxylation is 1. The topological polar surface area (TPSA) is 95.8 Å². The molecule has 0 aliphatic carbocycles. The van der Waals surface area contributed by atoms with Crippen LogP contribution in [0.4, 0.5) is 17.1 Å². The summed E-state index contributed by atoms with van der Waals surface area (Å²) in [4.78, 5) is 18.9. The molecule has 6 heteroatoms. The van der Waals surface area contributed by atoms with Crippen molar-refractivity contribution < 1.29 is 4.79 Å². The molecule has 1 amide bonds. The zero-order valence-corrected chi connectivity index (χ0v) is 11.9. The van der Waals surface area contributed by atoms with E-state index >= 15 is 0 Å².